The maximum atomic E-state index is 12.4. The summed E-state index contributed by atoms with van der Waals surface area (Å²) in [5, 5.41) is 7.65. The molecular formula is C19H17N5O4. The zero-order chi connectivity index (χ0) is 19.9. The first-order valence-corrected chi connectivity index (χ1v) is 8.26. The van der Waals surface area contributed by atoms with Crippen LogP contribution in [-0.2, 0) is 0 Å². The Labute approximate surface area is 160 Å². The third kappa shape index (κ3) is 4.58. The minimum Gasteiger partial charge on any atom is -0.463 e. The zero-order valence-corrected chi connectivity index (χ0v) is 15.2. The fourth-order valence-corrected chi connectivity index (χ4v) is 2.34. The summed E-state index contributed by atoms with van der Waals surface area (Å²) in [6.07, 6.45) is 5.73. The van der Waals surface area contributed by atoms with Gasteiger partial charge in [-0.3, -0.25) is 14.6 Å². The molecule has 0 saturated heterocycles. The van der Waals surface area contributed by atoms with Crippen molar-refractivity contribution in [2.24, 2.45) is 10.2 Å². The summed E-state index contributed by atoms with van der Waals surface area (Å²) in [4.78, 5) is 29.0. The van der Waals surface area contributed by atoms with Gasteiger partial charge in [0.15, 0.2) is 0 Å². The van der Waals surface area contributed by atoms with E-state index in [4.69, 9.17) is 8.83 Å². The van der Waals surface area contributed by atoms with E-state index in [9.17, 15) is 9.59 Å². The monoisotopic (exact) mass is 379 g/mol. The van der Waals surface area contributed by atoms with Gasteiger partial charge in [0.25, 0.3) is 11.8 Å². The second-order valence-electron chi connectivity index (χ2n) is 5.68. The van der Waals surface area contributed by atoms with Crippen LogP contribution in [0.5, 0.6) is 0 Å². The number of aromatic nitrogens is 1. The van der Waals surface area contributed by atoms with Crippen LogP contribution < -0.4 is 10.9 Å². The first kappa shape index (κ1) is 18.8. The Morgan fingerprint density at radius 1 is 0.893 bits per heavy atom. The Balaban J connectivity index is 1.72. The lowest BCUT2D eigenvalue weighted by atomic mass is 10.1. The number of furan rings is 2. The number of carbonyl (C=O) groups excluding carboxylic acids is 2. The zero-order valence-electron chi connectivity index (χ0n) is 15.2. The highest BCUT2D eigenvalue weighted by molar-refractivity contribution is 6.01. The van der Waals surface area contributed by atoms with Gasteiger partial charge in [0.1, 0.15) is 11.5 Å². The number of amides is 2. The Bertz CT molecular complexity index is 942. The third-order valence-corrected chi connectivity index (χ3v) is 3.70. The van der Waals surface area contributed by atoms with Gasteiger partial charge in [-0.1, -0.05) is 0 Å². The van der Waals surface area contributed by atoms with Gasteiger partial charge >= 0.3 is 0 Å². The first-order valence-electron chi connectivity index (χ1n) is 8.26. The number of hydrogen-bond donors (Lipinski definition) is 2. The fourth-order valence-electron chi connectivity index (χ4n) is 2.34. The van der Waals surface area contributed by atoms with Crippen LogP contribution in [0.4, 0.5) is 0 Å². The molecular weight excluding hydrogens is 362 g/mol. The number of carbonyl (C=O) groups is 2. The number of nitrogens with zero attached hydrogens (tertiary/aromatic N) is 3. The molecule has 9 heteroatoms. The molecule has 0 radical (unpaired) electrons. The molecule has 3 aromatic heterocycles. The molecule has 3 aromatic rings. The molecule has 2 amide bonds. The molecule has 2 N–H and O–H groups in total. The van der Waals surface area contributed by atoms with Gasteiger partial charge in [-0.25, -0.2) is 10.9 Å². The lowest BCUT2D eigenvalue weighted by molar-refractivity contribution is 0.0954. The molecule has 28 heavy (non-hydrogen) atoms. The fraction of sp³-hybridized carbons (Fsp3) is 0.105. The van der Waals surface area contributed by atoms with E-state index in [2.05, 4.69) is 26.0 Å². The van der Waals surface area contributed by atoms with E-state index in [1.807, 2.05) is 0 Å². The summed E-state index contributed by atoms with van der Waals surface area (Å²) in [5.74, 6) is -0.0102. The third-order valence-electron chi connectivity index (χ3n) is 3.70. The van der Waals surface area contributed by atoms with Crippen molar-refractivity contribution in [2.75, 3.05) is 0 Å². The Morgan fingerprint density at radius 2 is 1.36 bits per heavy atom. The average molecular weight is 379 g/mol. The van der Waals surface area contributed by atoms with E-state index in [-0.39, 0.29) is 11.1 Å². The highest BCUT2D eigenvalue weighted by atomic mass is 16.3. The number of hydrogen-bond acceptors (Lipinski definition) is 7. The summed E-state index contributed by atoms with van der Waals surface area (Å²) in [6, 6.07) is 8.25. The molecule has 0 unspecified atom stereocenters. The number of rotatable bonds is 6. The molecule has 0 saturated carbocycles. The quantitative estimate of drug-likeness (QED) is 0.503. The van der Waals surface area contributed by atoms with E-state index in [1.54, 1.807) is 38.1 Å². The van der Waals surface area contributed by atoms with E-state index in [0.29, 0.717) is 22.9 Å². The summed E-state index contributed by atoms with van der Waals surface area (Å²) >= 11 is 0. The molecule has 0 fully saturated rings. The second kappa shape index (κ2) is 8.58. The van der Waals surface area contributed by atoms with Crippen LogP contribution in [0, 0.1) is 13.8 Å². The van der Waals surface area contributed by atoms with Crippen LogP contribution in [0.15, 0.2) is 61.9 Å². The van der Waals surface area contributed by atoms with E-state index in [0.717, 1.165) is 0 Å². The van der Waals surface area contributed by atoms with Gasteiger partial charge in [0.05, 0.1) is 47.5 Å². The van der Waals surface area contributed by atoms with Crippen molar-refractivity contribution in [3.63, 3.8) is 0 Å². The molecule has 9 nitrogen and oxygen atoms in total. The van der Waals surface area contributed by atoms with E-state index >= 15 is 0 Å². The number of hydrazone groups is 2. The standard InChI is InChI=1S/C19H17N5O4/c1-12-16(18(25)23-20-10-14-5-3-7-27-14)9-17(13(2)22-12)19(26)24-21-11-15-6-4-8-28-15/h3-11H,1-2H3,(H,23,25)(H,24,26). The number of nitrogens with one attached hydrogen (secondary N) is 2. The lowest BCUT2D eigenvalue weighted by Crippen LogP contribution is -2.23. The van der Waals surface area contributed by atoms with Crippen molar-refractivity contribution in [3.8, 4) is 0 Å². The topological polar surface area (TPSA) is 122 Å². The second-order valence-corrected chi connectivity index (χ2v) is 5.68. The van der Waals surface area contributed by atoms with E-state index < -0.39 is 11.8 Å². The van der Waals surface area contributed by atoms with Gasteiger partial charge in [0.2, 0.25) is 0 Å². The van der Waals surface area contributed by atoms with Gasteiger partial charge in [-0.2, -0.15) is 10.2 Å². The lowest BCUT2D eigenvalue weighted by Gasteiger charge is -2.09. The normalized spacial score (nSPS) is 11.2. The minimum atomic E-state index is -0.499. The van der Waals surface area contributed by atoms with Crippen molar-refractivity contribution < 1.29 is 18.4 Å². The van der Waals surface area contributed by atoms with Crippen LogP contribution in [0.2, 0.25) is 0 Å². The highest BCUT2D eigenvalue weighted by Crippen LogP contribution is 2.13. The summed E-state index contributed by atoms with van der Waals surface area (Å²) in [5.41, 5.74) is 6.16. The molecule has 0 aromatic carbocycles. The maximum Gasteiger partial charge on any atom is 0.273 e. The van der Waals surface area contributed by atoms with Gasteiger partial charge in [0, 0.05) is 0 Å². The van der Waals surface area contributed by atoms with Crippen molar-refractivity contribution in [3.05, 3.63) is 76.9 Å². The predicted molar refractivity (Wildman–Crippen MR) is 101 cm³/mol. The predicted octanol–water partition coefficient (Wildman–Crippen LogP) is 2.41. The minimum absolute atomic E-state index is 0.224. The first-order chi connectivity index (χ1) is 13.5. The molecule has 0 aliphatic carbocycles. The SMILES string of the molecule is Cc1nc(C)c(C(=O)NN=Cc2ccco2)cc1C(=O)NN=Cc1ccco1. The van der Waals surface area contributed by atoms with E-state index in [1.165, 1.54) is 31.0 Å². The molecule has 142 valence electrons. The van der Waals surface area contributed by atoms with Gasteiger partial charge in [-0.15, -0.1) is 0 Å². The Hall–Kier alpha value is -4.01. The van der Waals surface area contributed by atoms with Crippen molar-refractivity contribution in [1.82, 2.24) is 15.8 Å². The van der Waals surface area contributed by atoms with Crippen LogP contribution in [0.25, 0.3) is 0 Å². The Morgan fingerprint density at radius 3 is 1.75 bits per heavy atom. The summed E-state index contributed by atoms with van der Waals surface area (Å²) < 4.78 is 10.2. The molecule has 3 heterocycles. The molecule has 0 spiro atoms. The highest BCUT2D eigenvalue weighted by Gasteiger charge is 2.17. The van der Waals surface area contributed by atoms with Gasteiger partial charge in [-0.05, 0) is 44.2 Å². The van der Waals surface area contributed by atoms with Crippen molar-refractivity contribution in [1.29, 1.82) is 0 Å². The van der Waals surface area contributed by atoms with Crippen LogP contribution in [0.3, 0.4) is 0 Å². The van der Waals surface area contributed by atoms with Crippen LogP contribution in [0.1, 0.15) is 43.6 Å². The summed E-state index contributed by atoms with van der Waals surface area (Å²) in [7, 11) is 0. The Kier molecular flexibility index (Phi) is 5.75. The molecule has 0 aliphatic heterocycles. The number of pyridine rings is 1. The van der Waals surface area contributed by atoms with Crippen molar-refractivity contribution >= 4 is 24.2 Å². The van der Waals surface area contributed by atoms with Crippen LogP contribution >= 0.6 is 0 Å². The average Bonchev–Trinajstić information content (AvgIpc) is 3.35. The molecule has 0 aliphatic rings. The molecule has 0 bridgehead atoms. The maximum absolute atomic E-state index is 12.4. The largest absolute Gasteiger partial charge is 0.463 e. The molecule has 3 rings (SSSR count). The van der Waals surface area contributed by atoms with Crippen LogP contribution in [-0.4, -0.2) is 29.2 Å². The molecule has 0 atom stereocenters. The summed E-state index contributed by atoms with van der Waals surface area (Å²) in [6.45, 7) is 3.35. The van der Waals surface area contributed by atoms with Crippen molar-refractivity contribution in [2.45, 2.75) is 13.8 Å². The smallest absolute Gasteiger partial charge is 0.273 e. The number of aryl methyl sites for hydroxylation is 2. The van der Waals surface area contributed by atoms with Gasteiger partial charge < -0.3 is 8.83 Å².